The van der Waals surface area contributed by atoms with Crippen molar-refractivity contribution in [2.45, 2.75) is 0 Å². The van der Waals surface area contributed by atoms with Crippen LogP contribution in [0, 0.1) is 0 Å². The Labute approximate surface area is 360 Å². The summed E-state index contributed by atoms with van der Waals surface area (Å²) in [4.78, 5) is 0. The third-order valence-corrected chi connectivity index (χ3v) is 12.4. The first-order chi connectivity index (χ1) is 30.8. The van der Waals surface area contributed by atoms with Gasteiger partial charge in [0, 0.05) is 32.7 Å². The summed E-state index contributed by atoms with van der Waals surface area (Å²) in [5, 5.41) is 4.62. The molecule has 2 aromatic heterocycles. The zero-order valence-corrected chi connectivity index (χ0v) is 33.9. The van der Waals surface area contributed by atoms with Crippen molar-refractivity contribution < 1.29 is 4.42 Å². The van der Waals surface area contributed by atoms with Gasteiger partial charge in [-0.3, -0.25) is 0 Å². The van der Waals surface area contributed by atoms with Crippen molar-refractivity contribution in [3.8, 4) is 72.4 Å². The Bertz CT molecular complexity index is 3470. The molecule has 0 radical (unpaired) electrons. The zero-order chi connectivity index (χ0) is 41.0. The van der Waals surface area contributed by atoms with E-state index in [9.17, 15) is 0 Å². The third kappa shape index (κ3) is 5.96. The Kier molecular flexibility index (Phi) is 8.53. The summed E-state index contributed by atoms with van der Waals surface area (Å²) in [6.07, 6.45) is 0. The van der Waals surface area contributed by atoms with Crippen LogP contribution in [0.3, 0.4) is 0 Å². The second kappa shape index (κ2) is 14.8. The standard InChI is InChI=1S/C60H39NO/c1-4-17-40(18-5-1)43-31-34-56(53(37-43)52-29-16-28-51-50-27-14-15-30-59(50)62-60(51)52)61-57-35-32-44(48-25-12-10-23-46(48)41-19-6-2-7-20-41)38-54(57)55-39-45(33-36-58(55)61)49-26-13-11-24-47(49)42-21-8-3-9-22-42/h1-39H. The predicted octanol–water partition coefficient (Wildman–Crippen LogP) is 16.7. The Morgan fingerprint density at radius 1 is 0.258 bits per heavy atom. The van der Waals surface area contributed by atoms with Crippen molar-refractivity contribution in [3.63, 3.8) is 0 Å². The van der Waals surface area contributed by atoms with E-state index in [1.807, 2.05) is 6.07 Å². The molecule has 2 heterocycles. The maximum Gasteiger partial charge on any atom is 0.143 e. The largest absolute Gasteiger partial charge is 0.455 e. The Morgan fingerprint density at radius 3 is 1.29 bits per heavy atom. The molecule has 10 aromatic carbocycles. The average molecular weight is 790 g/mol. The lowest BCUT2D eigenvalue weighted by atomic mass is 9.92. The highest BCUT2D eigenvalue weighted by atomic mass is 16.3. The highest BCUT2D eigenvalue weighted by Gasteiger charge is 2.22. The molecule has 0 amide bonds. The van der Waals surface area contributed by atoms with Gasteiger partial charge in [-0.2, -0.15) is 0 Å². The molecule has 2 nitrogen and oxygen atoms in total. The number of nitrogens with zero attached hydrogens (tertiary/aromatic N) is 1. The van der Waals surface area contributed by atoms with Crippen LogP contribution in [0.2, 0.25) is 0 Å². The van der Waals surface area contributed by atoms with Gasteiger partial charge in [-0.25, -0.2) is 0 Å². The fourth-order valence-corrected chi connectivity index (χ4v) is 9.54. The normalized spacial score (nSPS) is 11.5. The van der Waals surface area contributed by atoms with E-state index in [-0.39, 0.29) is 0 Å². The maximum atomic E-state index is 6.75. The number of hydrogen-bond acceptors (Lipinski definition) is 1. The minimum atomic E-state index is 0.888. The lowest BCUT2D eigenvalue weighted by Crippen LogP contribution is -1.98. The van der Waals surface area contributed by atoms with Crippen molar-refractivity contribution >= 4 is 43.7 Å². The van der Waals surface area contributed by atoms with Gasteiger partial charge < -0.3 is 8.98 Å². The molecule has 0 bridgehead atoms. The van der Waals surface area contributed by atoms with Gasteiger partial charge in [-0.15, -0.1) is 0 Å². The van der Waals surface area contributed by atoms with Crippen LogP contribution < -0.4 is 0 Å². The smallest absolute Gasteiger partial charge is 0.143 e. The number of rotatable bonds is 7. The van der Waals surface area contributed by atoms with Crippen LogP contribution in [-0.4, -0.2) is 4.57 Å². The molecule has 0 spiro atoms. The summed E-state index contributed by atoms with van der Waals surface area (Å²) in [6.45, 7) is 0. The molecule has 12 aromatic rings. The number of fused-ring (bicyclic) bond motifs is 6. The number of benzene rings is 10. The molecule has 0 N–H and O–H groups in total. The van der Waals surface area contributed by atoms with E-state index in [2.05, 4.69) is 235 Å². The molecule has 0 saturated carbocycles. The zero-order valence-electron chi connectivity index (χ0n) is 33.9. The highest BCUT2D eigenvalue weighted by Crippen LogP contribution is 2.45. The topological polar surface area (TPSA) is 18.1 Å². The van der Waals surface area contributed by atoms with E-state index >= 15 is 0 Å². The molecule has 0 aliphatic carbocycles. The van der Waals surface area contributed by atoms with E-state index in [1.165, 1.54) is 60.8 Å². The Hall–Kier alpha value is -8.20. The first-order valence-electron chi connectivity index (χ1n) is 21.3. The number of para-hydroxylation sites is 2. The summed E-state index contributed by atoms with van der Waals surface area (Å²) in [6, 6.07) is 85.4. The van der Waals surface area contributed by atoms with E-state index in [0.717, 1.165) is 55.3 Å². The monoisotopic (exact) mass is 789 g/mol. The molecule has 0 unspecified atom stereocenters. The van der Waals surface area contributed by atoms with Gasteiger partial charge in [-0.05, 0) is 98.1 Å². The maximum absolute atomic E-state index is 6.75. The molecular weight excluding hydrogens is 751 g/mol. The van der Waals surface area contributed by atoms with Crippen LogP contribution in [0.1, 0.15) is 0 Å². The molecule has 0 atom stereocenters. The Balaban J connectivity index is 1.15. The number of furan rings is 1. The van der Waals surface area contributed by atoms with Crippen molar-refractivity contribution in [3.05, 3.63) is 237 Å². The molecule has 0 aliphatic rings. The van der Waals surface area contributed by atoms with Crippen LogP contribution in [0.4, 0.5) is 0 Å². The lowest BCUT2D eigenvalue weighted by molar-refractivity contribution is 0.670. The quantitative estimate of drug-likeness (QED) is 0.157. The predicted molar refractivity (Wildman–Crippen MR) is 261 cm³/mol. The van der Waals surface area contributed by atoms with E-state index in [0.29, 0.717) is 0 Å². The van der Waals surface area contributed by atoms with Crippen LogP contribution in [-0.2, 0) is 0 Å². The molecular formula is C60H39NO. The van der Waals surface area contributed by atoms with Gasteiger partial charge in [-0.1, -0.05) is 194 Å². The lowest BCUT2D eigenvalue weighted by Gasteiger charge is -2.17. The molecule has 0 saturated heterocycles. The van der Waals surface area contributed by atoms with Gasteiger partial charge in [0.25, 0.3) is 0 Å². The second-order valence-corrected chi connectivity index (χ2v) is 16.0. The molecule has 290 valence electrons. The summed E-state index contributed by atoms with van der Waals surface area (Å²) >= 11 is 0. The first-order valence-corrected chi connectivity index (χ1v) is 21.3. The number of aromatic nitrogens is 1. The summed E-state index contributed by atoms with van der Waals surface area (Å²) < 4.78 is 9.21. The average Bonchev–Trinajstić information content (AvgIpc) is 3.90. The fourth-order valence-electron chi connectivity index (χ4n) is 9.54. The van der Waals surface area contributed by atoms with Crippen molar-refractivity contribution in [2.24, 2.45) is 0 Å². The molecule has 62 heavy (non-hydrogen) atoms. The van der Waals surface area contributed by atoms with Crippen LogP contribution >= 0.6 is 0 Å². The minimum absolute atomic E-state index is 0.888. The van der Waals surface area contributed by atoms with Crippen molar-refractivity contribution in [2.75, 3.05) is 0 Å². The van der Waals surface area contributed by atoms with Gasteiger partial charge in [0.05, 0.1) is 16.7 Å². The Morgan fingerprint density at radius 2 is 0.710 bits per heavy atom. The van der Waals surface area contributed by atoms with Gasteiger partial charge >= 0.3 is 0 Å². The summed E-state index contributed by atoms with van der Waals surface area (Å²) in [5.41, 5.74) is 19.2. The van der Waals surface area contributed by atoms with E-state index in [4.69, 9.17) is 4.42 Å². The molecule has 2 heteroatoms. The highest BCUT2D eigenvalue weighted by molar-refractivity contribution is 6.14. The van der Waals surface area contributed by atoms with E-state index in [1.54, 1.807) is 0 Å². The van der Waals surface area contributed by atoms with Gasteiger partial charge in [0.2, 0.25) is 0 Å². The molecule has 0 fully saturated rings. The third-order valence-electron chi connectivity index (χ3n) is 12.4. The van der Waals surface area contributed by atoms with Crippen molar-refractivity contribution in [1.29, 1.82) is 0 Å². The SMILES string of the molecule is c1ccc(-c2ccc(-n3c4ccc(-c5ccccc5-c5ccccc5)cc4c4cc(-c5ccccc5-c5ccccc5)ccc43)c(-c3cccc4c3oc3ccccc34)c2)cc1. The second-order valence-electron chi connectivity index (χ2n) is 16.0. The van der Waals surface area contributed by atoms with E-state index < -0.39 is 0 Å². The summed E-state index contributed by atoms with van der Waals surface area (Å²) in [7, 11) is 0. The fraction of sp³-hybridized carbons (Fsp3) is 0. The number of hydrogen-bond donors (Lipinski definition) is 0. The molecule has 0 aliphatic heterocycles. The molecule has 12 rings (SSSR count). The summed E-state index contributed by atoms with van der Waals surface area (Å²) in [5.74, 6) is 0. The minimum Gasteiger partial charge on any atom is -0.455 e. The first kappa shape index (κ1) is 35.7. The van der Waals surface area contributed by atoms with Crippen LogP contribution in [0.15, 0.2) is 241 Å². The van der Waals surface area contributed by atoms with Gasteiger partial charge in [0.15, 0.2) is 0 Å². The van der Waals surface area contributed by atoms with Crippen LogP contribution in [0.5, 0.6) is 0 Å². The van der Waals surface area contributed by atoms with Crippen molar-refractivity contribution in [1.82, 2.24) is 4.57 Å². The van der Waals surface area contributed by atoms with Crippen LogP contribution in [0.25, 0.3) is 116 Å². The van der Waals surface area contributed by atoms with Gasteiger partial charge in [0.1, 0.15) is 11.2 Å².